The van der Waals surface area contributed by atoms with Gasteiger partial charge in [0.2, 0.25) is 13.7 Å². The van der Waals surface area contributed by atoms with Crippen LogP contribution in [-0.2, 0) is 18.9 Å². The van der Waals surface area contributed by atoms with Crippen LogP contribution in [0.3, 0.4) is 0 Å². The van der Waals surface area contributed by atoms with Gasteiger partial charge in [0, 0.05) is 0 Å². The second kappa shape index (κ2) is 8.02. The van der Waals surface area contributed by atoms with Crippen LogP contribution < -0.4 is 0 Å². The second-order valence-electron chi connectivity index (χ2n) is 1.70. The van der Waals surface area contributed by atoms with Gasteiger partial charge in [-0.1, -0.05) is 0 Å². The van der Waals surface area contributed by atoms with Crippen molar-refractivity contribution in [2.24, 2.45) is 0 Å². The molecule has 0 aliphatic rings. The minimum Gasteiger partial charge on any atom is -0.431 e. The normalized spacial score (nSPS) is 9.00. The number of ether oxygens (including phenoxy) is 4. The quantitative estimate of drug-likeness (QED) is 0.505. The lowest BCUT2D eigenvalue weighted by Crippen LogP contribution is -2.15. The van der Waals surface area contributed by atoms with Crippen LogP contribution >= 0.6 is 0 Å². The van der Waals surface area contributed by atoms with Crippen LogP contribution in [0, 0.1) is 0 Å². The summed E-state index contributed by atoms with van der Waals surface area (Å²) in [5, 5.41) is 0. The lowest BCUT2D eigenvalue weighted by Gasteiger charge is -2.04. The van der Waals surface area contributed by atoms with E-state index in [1.165, 1.54) is 0 Å². The molecule has 0 unspecified atom stereocenters. The van der Waals surface area contributed by atoms with Gasteiger partial charge < -0.3 is 18.9 Å². The average Bonchev–Trinajstić information content (AvgIpc) is 2.13. The van der Waals surface area contributed by atoms with Crippen LogP contribution in [0.5, 0.6) is 0 Å². The molecule has 0 aromatic rings. The van der Waals surface area contributed by atoms with Crippen molar-refractivity contribution in [2.75, 3.05) is 26.9 Å². The van der Waals surface area contributed by atoms with Gasteiger partial charge in [-0.3, -0.25) is 0 Å². The van der Waals surface area contributed by atoms with Crippen LogP contribution in [-0.4, -0.2) is 39.2 Å². The molecule has 0 radical (unpaired) electrons. The zero-order valence-corrected chi connectivity index (χ0v) is 7.03. The van der Waals surface area contributed by atoms with Gasteiger partial charge in [-0.05, 0) is 0 Å². The van der Waals surface area contributed by atoms with Crippen LogP contribution in [0.4, 0.5) is 18.4 Å². The Hall–Kier alpha value is -1.60. The first-order chi connectivity index (χ1) is 6.70. The number of carbonyl (C=O) groups excluding carboxylic acids is 2. The summed E-state index contributed by atoms with van der Waals surface area (Å²) in [6.45, 7) is -3.27. The molecule has 0 bridgehead atoms. The van der Waals surface area contributed by atoms with Crippen molar-refractivity contribution < 1.29 is 37.3 Å². The first-order valence-corrected chi connectivity index (χ1v) is 3.41. The van der Waals surface area contributed by atoms with Gasteiger partial charge in [-0.25, -0.2) is 18.4 Å². The molecule has 0 aliphatic carbocycles. The Kier molecular flexibility index (Phi) is 7.10. The molecule has 0 N–H and O–H groups in total. The molecule has 6 nitrogen and oxygen atoms in total. The monoisotopic (exact) mass is 214 g/mol. The van der Waals surface area contributed by atoms with E-state index in [0.717, 1.165) is 0 Å². The Bertz CT molecular complexity index is 165. The number of hydrogen-bond donors (Lipinski definition) is 0. The van der Waals surface area contributed by atoms with Crippen LogP contribution in [0.15, 0.2) is 0 Å². The van der Waals surface area contributed by atoms with E-state index in [9.17, 15) is 18.4 Å². The highest BCUT2D eigenvalue weighted by atomic mass is 19.1. The van der Waals surface area contributed by atoms with Crippen LogP contribution in [0.1, 0.15) is 0 Å². The number of halogens is 2. The molecule has 0 amide bonds. The lowest BCUT2D eigenvalue weighted by molar-refractivity contribution is -0.00352. The van der Waals surface area contributed by atoms with Crippen molar-refractivity contribution >= 4 is 12.3 Å². The number of hydrogen-bond acceptors (Lipinski definition) is 6. The van der Waals surface area contributed by atoms with E-state index in [-0.39, 0.29) is 13.2 Å². The van der Waals surface area contributed by atoms with E-state index < -0.39 is 26.0 Å². The van der Waals surface area contributed by atoms with Gasteiger partial charge >= 0.3 is 12.3 Å². The molecule has 0 aromatic heterocycles. The predicted octanol–water partition coefficient (Wildman–Crippen LogP) is 1.15. The minimum absolute atomic E-state index is 0.333. The molecular weight excluding hydrogens is 206 g/mol. The molecule has 0 saturated carbocycles. The molecule has 0 aliphatic heterocycles. The van der Waals surface area contributed by atoms with Crippen LogP contribution in [0.25, 0.3) is 0 Å². The summed E-state index contributed by atoms with van der Waals surface area (Å²) in [6, 6.07) is 0. The molecule has 82 valence electrons. The fraction of sp³-hybridized carbons (Fsp3) is 0.667. The molecule has 0 aromatic carbocycles. The van der Waals surface area contributed by atoms with Crippen molar-refractivity contribution in [3.63, 3.8) is 0 Å². The Labute approximate surface area is 77.7 Å². The fourth-order valence-corrected chi connectivity index (χ4v) is 0.422. The smallest absolute Gasteiger partial charge is 0.431 e. The van der Waals surface area contributed by atoms with Crippen molar-refractivity contribution in [1.82, 2.24) is 0 Å². The Morgan fingerprint density at radius 1 is 0.786 bits per heavy atom. The van der Waals surface area contributed by atoms with Crippen molar-refractivity contribution in [3.8, 4) is 0 Å². The summed E-state index contributed by atoms with van der Waals surface area (Å²) < 4.78 is 38.5. The number of rotatable bonds is 5. The highest BCUT2D eigenvalue weighted by molar-refractivity contribution is 5.60. The molecule has 0 fully saturated rings. The average molecular weight is 214 g/mol. The zero-order chi connectivity index (χ0) is 10.8. The van der Waals surface area contributed by atoms with Crippen molar-refractivity contribution in [2.45, 2.75) is 0 Å². The predicted molar refractivity (Wildman–Crippen MR) is 36.8 cm³/mol. The molecule has 0 heterocycles. The standard InChI is InChI=1S/C6H8F2O6/c7-3-13-5(9)11-1-2-12-6(10)14-4-8/h1-4H2. The van der Waals surface area contributed by atoms with Crippen molar-refractivity contribution in [1.29, 1.82) is 0 Å². The van der Waals surface area contributed by atoms with Gasteiger partial charge in [0.25, 0.3) is 0 Å². The molecule has 0 saturated heterocycles. The first kappa shape index (κ1) is 12.4. The fourth-order valence-electron chi connectivity index (χ4n) is 0.422. The summed E-state index contributed by atoms with van der Waals surface area (Å²) in [6.07, 6.45) is -2.45. The first-order valence-electron chi connectivity index (χ1n) is 3.41. The molecule has 0 rings (SSSR count). The molecule has 0 spiro atoms. The third-order valence-electron chi connectivity index (χ3n) is 0.868. The highest BCUT2D eigenvalue weighted by Crippen LogP contribution is 1.89. The molecule has 8 heteroatoms. The van der Waals surface area contributed by atoms with E-state index >= 15 is 0 Å². The maximum absolute atomic E-state index is 11.3. The second-order valence-corrected chi connectivity index (χ2v) is 1.70. The Morgan fingerprint density at radius 2 is 1.14 bits per heavy atom. The summed E-state index contributed by atoms with van der Waals surface area (Å²) in [7, 11) is 0. The summed E-state index contributed by atoms with van der Waals surface area (Å²) in [5.41, 5.74) is 0. The van der Waals surface area contributed by atoms with Crippen LogP contribution in [0.2, 0.25) is 0 Å². The Morgan fingerprint density at radius 3 is 1.43 bits per heavy atom. The van der Waals surface area contributed by atoms with Crippen molar-refractivity contribution in [3.05, 3.63) is 0 Å². The van der Waals surface area contributed by atoms with E-state index in [1.54, 1.807) is 0 Å². The van der Waals surface area contributed by atoms with Gasteiger partial charge in [0.05, 0.1) is 0 Å². The topological polar surface area (TPSA) is 71.1 Å². The summed E-state index contributed by atoms with van der Waals surface area (Å²) in [4.78, 5) is 20.6. The minimum atomic E-state index is -1.30. The Balaban J connectivity index is 3.28. The van der Waals surface area contributed by atoms with Gasteiger partial charge in [-0.2, -0.15) is 0 Å². The molecular formula is C6H8F2O6. The van der Waals surface area contributed by atoms with Gasteiger partial charge in [0.15, 0.2) is 0 Å². The summed E-state index contributed by atoms with van der Waals surface area (Å²) in [5.74, 6) is 0. The van der Waals surface area contributed by atoms with Gasteiger partial charge in [0.1, 0.15) is 13.2 Å². The third kappa shape index (κ3) is 7.07. The summed E-state index contributed by atoms with van der Waals surface area (Å²) >= 11 is 0. The SMILES string of the molecule is O=C(OCF)OCCOC(=O)OCF. The molecule has 14 heavy (non-hydrogen) atoms. The third-order valence-corrected chi connectivity index (χ3v) is 0.868. The maximum Gasteiger partial charge on any atom is 0.510 e. The van der Waals surface area contributed by atoms with Gasteiger partial charge in [-0.15, -0.1) is 0 Å². The van der Waals surface area contributed by atoms with E-state index in [2.05, 4.69) is 18.9 Å². The maximum atomic E-state index is 11.3. The largest absolute Gasteiger partial charge is 0.510 e. The van der Waals surface area contributed by atoms with E-state index in [4.69, 9.17) is 0 Å². The number of carbonyl (C=O) groups is 2. The number of alkyl halides is 2. The van der Waals surface area contributed by atoms with E-state index in [0.29, 0.717) is 0 Å². The zero-order valence-electron chi connectivity index (χ0n) is 7.03. The molecule has 0 atom stereocenters. The van der Waals surface area contributed by atoms with E-state index in [1.807, 2.05) is 0 Å². The lowest BCUT2D eigenvalue weighted by atomic mass is 10.8. The highest BCUT2D eigenvalue weighted by Gasteiger charge is 2.05.